The molecule has 0 aromatic heterocycles. The van der Waals surface area contributed by atoms with Gasteiger partial charge in [-0.3, -0.25) is 13.9 Å². The zero-order chi connectivity index (χ0) is 32.7. The highest BCUT2D eigenvalue weighted by Crippen LogP contribution is 2.38. The maximum absolute atomic E-state index is 14.1. The number of hydrogen-bond donors (Lipinski definition) is 1. The highest BCUT2D eigenvalue weighted by Gasteiger charge is 2.37. The number of rotatable bonds is 13. The number of alkyl halides is 3. The molecule has 0 spiro atoms. The first-order chi connectivity index (χ1) is 20.7. The highest BCUT2D eigenvalue weighted by molar-refractivity contribution is 7.92. The summed E-state index contributed by atoms with van der Waals surface area (Å²) >= 11 is 11.8. The fraction of sp³-hybridized carbons (Fsp3) is 0.355. The lowest BCUT2D eigenvalue weighted by molar-refractivity contribution is -0.140. The fourth-order valence-electron chi connectivity index (χ4n) is 4.46. The van der Waals surface area contributed by atoms with Crippen molar-refractivity contribution in [2.75, 3.05) is 17.4 Å². The Bertz CT molecular complexity index is 1550. The largest absolute Gasteiger partial charge is 0.417 e. The third-order valence-corrected chi connectivity index (χ3v) is 9.28. The van der Waals surface area contributed by atoms with E-state index in [2.05, 4.69) is 5.32 Å². The highest BCUT2D eigenvalue weighted by atomic mass is 35.5. The predicted octanol–water partition coefficient (Wildman–Crippen LogP) is 7.24. The second-order valence-electron chi connectivity index (χ2n) is 10.2. The molecule has 7 nitrogen and oxygen atoms in total. The van der Waals surface area contributed by atoms with Crippen LogP contribution in [0, 0.1) is 6.92 Å². The Morgan fingerprint density at radius 3 is 2.16 bits per heavy atom. The van der Waals surface area contributed by atoms with Crippen LogP contribution in [0.5, 0.6) is 0 Å². The Labute approximate surface area is 266 Å². The van der Waals surface area contributed by atoms with Gasteiger partial charge in [0.15, 0.2) is 0 Å². The van der Waals surface area contributed by atoms with Crippen molar-refractivity contribution in [1.82, 2.24) is 10.2 Å². The van der Waals surface area contributed by atoms with Crippen molar-refractivity contribution in [1.29, 1.82) is 0 Å². The molecule has 3 aromatic carbocycles. The Balaban J connectivity index is 2.12. The zero-order valence-electron chi connectivity index (χ0n) is 24.5. The summed E-state index contributed by atoms with van der Waals surface area (Å²) in [5.41, 5.74) is -0.302. The van der Waals surface area contributed by atoms with E-state index in [4.69, 9.17) is 23.2 Å². The molecule has 0 aliphatic rings. The molecule has 0 saturated heterocycles. The standard InChI is InChI=1S/C31H34Cl2F3N3O4S/c1-4-6-17-37-30(41)28(5-2)38(19-22-9-11-23(32)12-10-22)29(40)20-39(44(42,43)25-14-7-21(3)8-15-25)24-13-16-27(33)26(18-24)31(34,35)36/h7-16,18,28H,4-6,17,19-20H2,1-3H3,(H,37,41)/t28-/m1/s1. The molecule has 0 unspecified atom stereocenters. The molecule has 1 atom stereocenters. The van der Waals surface area contributed by atoms with Gasteiger partial charge in [0.1, 0.15) is 12.6 Å². The Morgan fingerprint density at radius 1 is 0.955 bits per heavy atom. The van der Waals surface area contributed by atoms with Crippen LogP contribution in [0.15, 0.2) is 71.6 Å². The molecular weight excluding hydrogens is 638 g/mol. The van der Waals surface area contributed by atoms with Crippen molar-refractivity contribution in [3.05, 3.63) is 93.5 Å². The van der Waals surface area contributed by atoms with E-state index in [1.165, 1.54) is 29.2 Å². The van der Waals surface area contributed by atoms with Gasteiger partial charge < -0.3 is 10.2 Å². The molecule has 0 radical (unpaired) electrons. The molecule has 3 aromatic rings. The Hall–Kier alpha value is -3.28. The smallest absolute Gasteiger partial charge is 0.354 e. The summed E-state index contributed by atoms with van der Waals surface area (Å²) < 4.78 is 69.9. The molecule has 238 valence electrons. The van der Waals surface area contributed by atoms with Crippen LogP contribution in [0.3, 0.4) is 0 Å². The molecule has 0 fully saturated rings. The number of carbonyl (C=O) groups excluding carboxylic acids is 2. The van der Waals surface area contributed by atoms with E-state index in [1.54, 1.807) is 38.1 Å². The molecule has 0 heterocycles. The molecule has 2 amide bonds. The molecular formula is C31H34Cl2F3N3O4S. The van der Waals surface area contributed by atoms with Crippen molar-refractivity contribution in [3.63, 3.8) is 0 Å². The lowest BCUT2D eigenvalue weighted by Crippen LogP contribution is -2.52. The summed E-state index contributed by atoms with van der Waals surface area (Å²) in [5, 5.41) is 2.64. The molecule has 0 aliphatic heterocycles. The van der Waals surface area contributed by atoms with Crippen molar-refractivity contribution in [2.24, 2.45) is 0 Å². The third-order valence-electron chi connectivity index (χ3n) is 6.91. The number of unbranched alkanes of at least 4 members (excludes halogenated alkanes) is 1. The quantitative estimate of drug-likeness (QED) is 0.194. The van der Waals surface area contributed by atoms with Gasteiger partial charge in [-0.05, 0) is 67.8 Å². The minimum Gasteiger partial charge on any atom is -0.354 e. The first kappa shape index (κ1) is 35.2. The van der Waals surface area contributed by atoms with Crippen LogP contribution < -0.4 is 9.62 Å². The van der Waals surface area contributed by atoms with Crippen molar-refractivity contribution in [3.8, 4) is 0 Å². The SMILES string of the molecule is CCCCNC(=O)[C@@H](CC)N(Cc1ccc(Cl)cc1)C(=O)CN(c1ccc(Cl)c(C(F)(F)F)c1)S(=O)(=O)c1ccc(C)cc1. The predicted molar refractivity (Wildman–Crippen MR) is 166 cm³/mol. The number of sulfonamides is 1. The summed E-state index contributed by atoms with van der Waals surface area (Å²) in [4.78, 5) is 28.3. The minimum absolute atomic E-state index is 0.0808. The van der Waals surface area contributed by atoms with Crippen LogP contribution in [0.4, 0.5) is 18.9 Å². The Morgan fingerprint density at radius 2 is 1.59 bits per heavy atom. The average Bonchev–Trinajstić information content (AvgIpc) is 2.96. The third kappa shape index (κ3) is 8.89. The van der Waals surface area contributed by atoms with Gasteiger partial charge in [0.05, 0.1) is 21.2 Å². The maximum Gasteiger partial charge on any atom is 0.417 e. The van der Waals surface area contributed by atoms with Crippen LogP contribution >= 0.6 is 23.2 Å². The fourth-order valence-corrected chi connectivity index (χ4v) is 6.22. The van der Waals surface area contributed by atoms with E-state index in [-0.39, 0.29) is 17.9 Å². The average molecular weight is 673 g/mol. The molecule has 0 saturated carbocycles. The minimum atomic E-state index is -4.89. The topological polar surface area (TPSA) is 86.8 Å². The van der Waals surface area contributed by atoms with Gasteiger partial charge in [0.25, 0.3) is 10.0 Å². The summed E-state index contributed by atoms with van der Waals surface area (Å²) in [6.45, 7) is 4.83. The number of aryl methyl sites for hydroxylation is 1. The van der Waals surface area contributed by atoms with Gasteiger partial charge in [0, 0.05) is 18.1 Å². The first-order valence-corrected chi connectivity index (χ1v) is 16.2. The first-order valence-electron chi connectivity index (χ1n) is 14.0. The number of nitrogens with one attached hydrogen (secondary N) is 1. The summed E-state index contributed by atoms with van der Waals surface area (Å²) in [6, 6.07) is 13.9. The number of carbonyl (C=O) groups is 2. The molecule has 0 aliphatic carbocycles. The van der Waals surface area contributed by atoms with Crippen LogP contribution in [-0.2, 0) is 32.3 Å². The van der Waals surface area contributed by atoms with Crippen LogP contribution in [-0.4, -0.2) is 44.3 Å². The van der Waals surface area contributed by atoms with Gasteiger partial charge in [-0.15, -0.1) is 0 Å². The monoisotopic (exact) mass is 671 g/mol. The van der Waals surface area contributed by atoms with Crippen molar-refractivity contribution >= 4 is 50.7 Å². The van der Waals surface area contributed by atoms with Crippen LogP contribution in [0.2, 0.25) is 10.0 Å². The number of halogens is 5. The van der Waals surface area contributed by atoms with Gasteiger partial charge in [-0.1, -0.05) is 73.3 Å². The lowest BCUT2D eigenvalue weighted by atomic mass is 10.1. The van der Waals surface area contributed by atoms with Gasteiger partial charge in [-0.2, -0.15) is 13.2 Å². The van der Waals surface area contributed by atoms with Gasteiger partial charge >= 0.3 is 6.18 Å². The number of nitrogens with zero attached hydrogens (tertiary/aromatic N) is 2. The maximum atomic E-state index is 14.1. The summed E-state index contributed by atoms with van der Waals surface area (Å²) in [6.07, 6.45) is -3.15. The number of hydrogen-bond acceptors (Lipinski definition) is 4. The van der Waals surface area contributed by atoms with E-state index in [0.29, 0.717) is 33.9 Å². The Kier molecular flexibility index (Phi) is 12.1. The number of anilines is 1. The molecule has 3 rings (SSSR count). The van der Waals surface area contributed by atoms with E-state index in [1.807, 2.05) is 6.92 Å². The second kappa shape index (κ2) is 15.1. The van der Waals surface area contributed by atoms with E-state index in [9.17, 15) is 31.2 Å². The normalized spacial score (nSPS) is 12.5. The summed E-state index contributed by atoms with van der Waals surface area (Å²) in [5.74, 6) is -1.22. The second-order valence-corrected chi connectivity index (χ2v) is 12.9. The van der Waals surface area contributed by atoms with E-state index >= 15 is 0 Å². The van der Waals surface area contributed by atoms with Crippen LogP contribution in [0.1, 0.15) is 49.8 Å². The summed E-state index contributed by atoms with van der Waals surface area (Å²) in [7, 11) is -4.57. The van der Waals surface area contributed by atoms with E-state index in [0.717, 1.165) is 24.1 Å². The van der Waals surface area contributed by atoms with Gasteiger partial charge in [0.2, 0.25) is 11.8 Å². The number of benzene rings is 3. The zero-order valence-corrected chi connectivity index (χ0v) is 26.8. The van der Waals surface area contributed by atoms with Crippen molar-refractivity contribution < 1.29 is 31.2 Å². The van der Waals surface area contributed by atoms with Crippen molar-refractivity contribution in [2.45, 2.75) is 63.7 Å². The molecule has 44 heavy (non-hydrogen) atoms. The lowest BCUT2D eigenvalue weighted by Gasteiger charge is -2.33. The van der Waals surface area contributed by atoms with Crippen LogP contribution in [0.25, 0.3) is 0 Å². The number of amides is 2. The molecule has 0 bridgehead atoms. The van der Waals surface area contributed by atoms with E-state index < -0.39 is 56.9 Å². The molecule has 13 heteroatoms. The molecule has 1 N–H and O–H groups in total. The van der Waals surface area contributed by atoms with Gasteiger partial charge in [-0.25, -0.2) is 8.42 Å².